The monoisotopic (exact) mass is 283 g/mol. The molecule has 0 aliphatic heterocycles. The van der Waals surface area contributed by atoms with E-state index in [4.69, 9.17) is 0 Å². The molecular weight excluding hydrogens is 266 g/mol. The van der Waals surface area contributed by atoms with Crippen molar-refractivity contribution in [3.63, 3.8) is 0 Å². The summed E-state index contributed by atoms with van der Waals surface area (Å²) in [5.41, 5.74) is 0.967. The molecular formula is C15H17N5O. The van der Waals surface area contributed by atoms with Crippen LogP contribution in [0.25, 0.3) is 5.82 Å². The van der Waals surface area contributed by atoms with Gasteiger partial charge in [-0.05, 0) is 30.4 Å². The van der Waals surface area contributed by atoms with Crippen LogP contribution < -0.4 is 5.32 Å². The summed E-state index contributed by atoms with van der Waals surface area (Å²) in [7, 11) is 0. The van der Waals surface area contributed by atoms with Crippen molar-refractivity contribution in [1.29, 1.82) is 0 Å². The van der Waals surface area contributed by atoms with E-state index in [1.165, 1.54) is 6.33 Å². The van der Waals surface area contributed by atoms with Gasteiger partial charge in [-0.1, -0.05) is 18.2 Å². The Morgan fingerprint density at radius 3 is 3.05 bits per heavy atom. The van der Waals surface area contributed by atoms with Gasteiger partial charge in [-0.15, -0.1) is 0 Å². The average molecular weight is 283 g/mol. The van der Waals surface area contributed by atoms with Crippen LogP contribution in [0.5, 0.6) is 0 Å². The molecule has 0 bridgehead atoms. The van der Waals surface area contributed by atoms with E-state index in [1.54, 1.807) is 17.2 Å². The Morgan fingerprint density at radius 1 is 1.43 bits per heavy atom. The van der Waals surface area contributed by atoms with Gasteiger partial charge in [-0.25, -0.2) is 14.6 Å². The predicted octanol–water partition coefficient (Wildman–Crippen LogP) is 1.63. The van der Waals surface area contributed by atoms with Crippen LogP contribution in [-0.2, 0) is 11.3 Å². The van der Waals surface area contributed by atoms with Gasteiger partial charge in [0.25, 0.3) is 0 Å². The van der Waals surface area contributed by atoms with E-state index < -0.39 is 0 Å². The summed E-state index contributed by atoms with van der Waals surface area (Å²) >= 11 is 0. The second-order valence-corrected chi connectivity index (χ2v) is 5.11. The number of nitrogens with one attached hydrogen (secondary N) is 1. The van der Waals surface area contributed by atoms with Crippen molar-refractivity contribution in [2.75, 3.05) is 0 Å². The van der Waals surface area contributed by atoms with Crippen molar-refractivity contribution >= 4 is 5.91 Å². The minimum atomic E-state index is 0.0897. The smallest absolute Gasteiger partial charge is 0.220 e. The van der Waals surface area contributed by atoms with Gasteiger partial charge in [-0.2, -0.15) is 5.10 Å². The molecule has 1 N–H and O–H groups in total. The zero-order valence-corrected chi connectivity index (χ0v) is 11.6. The fourth-order valence-electron chi connectivity index (χ4n) is 2.36. The lowest BCUT2D eigenvalue weighted by atomic mass is 10.1. The van der Waals surface area contributed by atoms with Crippen LogP contribution in [0.3, 0.4) is 0 Å². The Hall–Kier alpha value is -2.50. The average Bonchev–Trinajstić information content (AvgIpc) is 3.19. The van der Waals surface area contributed by atoms with Crippen LogP contribution in [0.15, 0.2) is 43.1 Å². The Kier molecular flexibility index (Phi) is 4.04. The molecule has 2 aromatic rings. The molecule has 3 rings (SSSR count). The van der Waals surface area contributed by atoms with Crippen molar-refractivity contribution in [3.05, 3.63) is 48.7 Å². The van der Waals surface area contributed by atoms with Crippen LogP contribution >= 0.6 is 0 Å². The fraction of sp³-hybridized carbons (Fsp3) is 0.333. The number of hydrogen-bond acceptors (Lipinski definition) is 4. The maximum absolute atomic E-state index is 11.8. The SMILES string of the molecule is O=C(C[C@@H]1C=CCC1)NCc1ccc(-n2cncn2)nc1. The summed E-state index contributed by atoms with van der Waals surface area (Å²) in [6, 6.07) is 3.79. The van der Waals surface area contributed by atoms with Crippen LogP contribution in [-0.4, -0.2) is 25.7 Å². The molecule has 0 saturated carbocycles. The molecule has 0 spiro atoms. The molecule has 0 fully saturated rings. The number of aromatic nitrogens is 4. The lowest BCUT2D eigenvalue weighted by molar-refractivity contribution is -0.121. The summed E-state index contributed by atoms with van der Waals surface area (Å²) in [4.78, 5) is 20.0. The van der Waals surface area contributed by atoms with E-state index in [0.29, 0.717) is 24.7 Å². The number of nitrogens with zero attached hydrogens (tertiary/aromatic N) is 4. The summed E-state index contributed by atoms with van der Waals surface area (Å²) in [5.74, 6) is 1.20. The second-order valence-electron chi connectivity index (χ2n) is 5.11. The number of amides is 1. The van der Waals surface area contributed by atoms with Crippen LogP contribution in [0, 0.1) is 5.92 Å². The summed E-state index contributed by atoms with van der Waals surface area (Å²) in [6.45, 7) is 0.500. The molecule has 2 heterocycles. The van der Waals surface area contributed by atoms with Gasteiger partial charge in [0.1, 0.15) is 12.7 Å². The zero-order chi connectivity index (χ0) is 14.5. The van der Waals surface area contributed by atoms with Crippen LogP contribution in [0.2, 0.25) is 0 Å². The molecule has 21 heavy (non-hydrogen) atoms. The first-order chi connectivity index (χ1) is 10.3. The van der Waals surface area contributed by atoms with E-state index >= 15 is 0 Å². The van der Waals surface area contributed by atoms with Crippen LogP contribution in [0.1, 0.15) is 24.8 Å². The zero-order valence-electron chi connectivity index (χ0n) is 11.6. The number of allylic oxidation sites excluding steroid dienone is 2. The molecule has 0 radical (unpaired) electrons. The number of hydrogen-bond donors (Lipinski definition) is 1. The molecule has 6 heteroatoms. The highest BCUT2D eigenvalue weighted by Gasteiger charge is 2.13. The molecule has 1 aliphatic carbocycles. The molecule has 1 amide bonds. The normalized spacial score (nSPS) is 17.0. The van der Waals surface area contributed by atoms with E-state index in [-0.39, 0.29) is 5.91 Å². The summed E-state index contributed by atoms with van der Waals surface area (Å²) < 4.78 is 1.59. The van der Waals surface area contributed by atoms with Gasteiger partial charge < -0.3 is 5.32 Å². The third kappa shape index (κ3) is 3.53. The number of carbonyl (C=O) groups excluding carboxylic acids is 1. The van der Waals surface area contributed by atoms with E-state index in [2.05, 4.69) is 32.5 Å². The first kappa shape index (κ1) is 13.5. The van der Waals surface area contributed by atoms with Crippen molar-refractivity contribution < 1.29 is 4.79 Å². The third-order valence-corrected chi connectivity index (χ3v) is 3.51. The van der Waals surface area contributed by atoms with Gasteiger partial charge in [-0.3, -0.25) is 4.79 Å². The minimum absolute atomic E-state index is 0.0897. The molecule has 2 aromatic heterocycles. The standard InChI is InChI=1S/C15H17N5O/c21-15(7-12-3-1-2-4-12)18-9-13-5-6-14(17-8-13)20-11-16-10-19-20/h1,3,5-6,8,10-12H,2,4,7,9H2,(H,18,21)/t12-/m1/s1. The van der Waals surface area contributed by atoms with E-state index in [1.807, 2.05) is 12.1 Å². The van der Waals surface area contributed by atoms with Gasteiger partial charge in [0.05, 0.1) is 0 Å². The maximum atomic E-state index is 11.8. The summed E-state index contributed by atoms with van der Waals surface area (Å²) in [6.07, 6.45) is 11.8. The second kappa shape index (κ2) is 6.30. The molecule has 1 atom stereocenters. The highest BCUT2D eigenvalue weighted by Crippen LogP contribution is 2.20. The topological polar surface area (TPSA) is 72.7 Å². The lowest BCUT2D eigenvalue weighted by Gasteiger charge is -2.09. The summed E-state index contributed by atoms with van der Waals surface area (Å²) in [5, 5.41) is 6.95. The predicted molar refractivity (Wildman–Crippen MR) is 77.5 cm³/mol. The highest BCUT2D eigenvalue weighted by atomic mass is 16.1. The third-order valence-electron chi connectivity index (χ3n) is 3.51. The number of pyridine rings is 1. The number of carbonyl (C=O) groups is 1. The molecule has 108 valence electrons. The van der Waals surface area contributed by atoms with Gasteiger partial charge in [0, 0.05) is 19.2 Å². The first-order valence-electron chi connectivity index (χ1n) is 7.04. The van der Waals surface area contributed by atoms with Crippen molar-refractivity contribution in [2.24, 2.45) is 5.92 Å². The molecule has 6 nitrogen and oxygen atoms in total. The Balaban J connectivity index is 1.51. The van der Waals surface area contributed by atoms with Crippen molar-refractivity contribution in [2.45, 2.75) is 25.8 Å². The van der Waals surface area contributed by atoms with Gasteiger partial charge in [0.2, 0.25) is 5.91 Å². The number of rotatable bonds is 5. The van der Waals surface area contributed by atoms with Crippen molar-refractivity contribution in [1.82, 2.24) is 25.1 Å². The molecule has 1 aliphatic rings. The maximum Gasteiger partial charge on any atom is 0.220 e. The van der Waals surface area contributed by atoms with Gasteiger partial charge in [0.15, 0.2) is 5.82 Å². The Morgan fingerprint density at radius 2 is 2.38 bits per heavy atom. The van der Waals surface area contributed by atoms with Crippen molar-refractivity contribution in [3.8, 4) is 5.82 Å². The molecule has 0 aromatic carbocycles. The van der Waals surface area contributed by atoms with Crippen LogP contribution in [0.4, 0.5) is 0 Å². The largest absolute Gasteiger partial charge is 0.352 e. The van der Waals surface area contributed by atoms with E-state index in [9.17, 15) is 4.79 Å². The first-order valence-corrected chi connectivity index (χ1v) is 7.04. The molecule has 0 unspecified atom stereocenters. The quantitative estimate of drug-likeness (QED) is 0.847. The minimum Gasteiger partial charge on any atom is -0.352 e. The Labute approximate surface area is 122 Å². The lowest BCUT2D eigenvalue weighted by Crippen LogP contribution is -2.24. The highest BCUT2D eigenvalue weighted by molar-refractivity contribution is 5.76. The molecule has 0 saturated heterocycles. The van der Waals surface area contributed by atoms with E-state index in [0.717, 1.165) is 18.4 Å². The fourth-order valence-corrected chi connectivity index (χ4v) is 2.36. The van der Waals surface area contributed by atoms with Gasteiger partial charge >= 0.3 is 0 Å². The Bertz CT molecular complexity index is 618.